The van der Waals surface area contributed by atoms with Crippen LogP contribution in [0.25, 0.3) is 11.3 Å². The molecule has 0 fully saturated rings. The molecule has 0 N–H and O–H groups in total. The van der Waals surface area contributed by atoms with Crippen LogP contribution < -0.4 is 0 Å². The number of carbonyl (C=O) groups excluding carboxylic acids is 1. The summed E-state index contributed by atoms with van der Waals surface area (Å²) in [6.45, 7) is 0. The number of aromatic nitrogens is 1. The van der Waals surface area contributed by atoms with E-state index >= 15 is 0 Å². The third kappa shape index (κ3) is 3.97. The Labute approximate surface area is 190 Å². The maximum atomic E-state index is 13.5. The van der Waals surface area contributed by atoms with E-state index in [2.05, 4.69) is 21.1 Å². The third-order valence-electron chi connectivity index (χ3n) is 4.63. The number of benzene rings is 3. The number of hydrogen-bond donors (Lipinski definition) is 0. The van der Waals surface area contributed by atoms with Gasteiger partial charge in [0.1, 0.15) is 0 Å². The first kappa shape index (κ1) is 21.6. The third-order valence-corrected chi connectivity index (χ3v) is 6.97. The van der Waals surface area contributed by atoms with Crippen molar-refractivity contribution in [3.05, 3.63) is 105 Å². The quantitative estimate of drug-likeness (QED) is 0.200. The van der Waals surface area contributed by atoms with Crippen LogP contribution >= 0.6 is 15.9 Å². The lowest BCUT2D eigenvalue weighted by Gasteiger charge is -2.07. The number of halogens is 1. The van der Waals surface area contributed by atoms with Crippen molar-refractivity contribution < 1.29 is 22.7 Å². The molecule has 0 spiro atoms. The molecule has 0 aliphatic rings. The zero-order chi connectivity index (χ0) is 22.9. The summed E-state index contributed by atoms with van der Waals surface area (Å²) in [4.78, 5) is 23.1. The maximum Gasteiger partial charge on any atom is 0.269 e. The van der Waals surface area contributed by atoms with E-state index in [1.165, 1.54) is 24.3 Å². The van der Waals surface area contributed by atoms with Gasteiger partial charge < -0.3 is 4.52 Å². The van der Waals surface area contributed by atoms with Gasteiger partial charge in [-0.2, -0.15) is 0 Å². The molecule has 0 atom stereocenters. The summed E-state index contributed by atoms with van der Waals surface area (Å²) in [6.07, 6.45) is 0. The average molecular weight is 513 g/mol. The number of ketones is 1. The van der Waals surface area contributed by atoms with Crippen LogP contribution in [0.15, 0.2) is 97.6 Å². The van der Waals surface area contributed by atoms with Gasteiger partial charge in [-0.25, -0.2) is 8.42 Å². The Morgan fingerprint density at radius 1 is 0.938 bits per heavy atom. The van der Waals surface area contributed by atoms with E-state index in [9.17, 15) is 23.3 Å². The number of nitro benzene ring substituents is 1. The van der Waals surface area contributed by atoms with Crippen LogP contribution in [0, 0.1) is 10.1 Å². The monoisotopic (exact) mass is 512 g/mol. The standard InChI is InChI=1S/C22H13BrN2O6S/c23-16-10-6-15(7-11-16)21-22(32(29,30)18-4-2-1-3-5-18)19(24-31-21)20(26)14-8-12-17(13-9-14)25(27)28/h1-13H. The van der Waals surface area contributed by atoms with E-state index in [1.807, 2.05) is 0 Å². The SMILES string of the molecule is O=C(c1ccc([N+](=O)[O-])cc1)c1noc(-c2ccc(Br)cc2)c1S(=O)(=O)c1ccccc1. The molecule has 1 heterocycles. The summed E-state index contributed by atoms with van der Waals surface area (Å²) in [5.74, 6) is -0.812. The predicted molar refractivity (Wildman–Crippen MR) is 118 cm³/mol. The van der Waals surface area contributed by atoms with E-state index in [-0.39, 0.29) is 26.8 Å². The molecule has 160 valence electrons. The number of nitro groups is 1. The zero-order valence-electron chi connectivity index (χ0n) is 16.1. The molecule has 0 bridgehead atoms. The Morgan fingerprint density at radius 2 is 1.56 bits per heavy atom. The smallest absolute Gasteiger partial charge is 0.269 e. The van der Waals surface area contributed by atoms with Crippen molar-refractivity contribution in [1.29, 1.82) is 0 Å². The number of sulfone groups is 1. The lowest BCUT2D eigenvalue weighted by molar-refractivity contribution is -0.384. The lowest BCUT2D eigenvalue weighted by atomic mass is 10.1. The van der Waals surface area contributed by atoms with Crippen molar-refractivity contribution >= 4 is 37.2 Å². The first-order chi connectivity index (χ1) is 15.3. The van der Waals surface area contributed by atoms with Crippen molar-refractivity contribution in [1.82, 2.24) is 5.16 Å². The minimum atomic E-state index is -4.19. The fraction of sp³-hybridized carbons (Fsp3) is 0. The van der Waals surface area contributed by atoms with Gasteiger partial charge in [0.25, 0.3) is 5.69 Å². The molecule has 8 nitrogen and oxygen atoms in total. The molecular weight excluding hydrogens is 500 g/mol. The molecule has 0 unspecified atom stereocenters. The Balaban J connectivity index is 1.91. The molecule has 0 saturated carbocycles. The van der Waals surface area contributed by atoms with Crippen LogP contribution in [0.2, 0.25) is 0 Å². The van der Waals surface area contributed by atoms with E-state index < -0.39 is 26.2 Å². The van der Waals surface area contributed by atoms with E-state index in [0.29, 0.717) is 5.56 Å². The summed E-state index contributed by atoms with van der Waals surface area (Å²) in [5.41, 5.74) is -0.149. The minimum absolute atomic E-state index is 0.0284. The number of carbonyl (C=O) groups is 1. The molecule has 0 aliphatic carbocycles. The van der Waals surface area contributed by atoms with Crippen LogP contribution in [-0.2, 0) is 9.84 Å². The van der Waals surface area contributed by atoms with Crippen LogP contribution in [0.3, 0.4) is 0 Å². The summed E-state index contributed by atoms with van der Waals surface area (Å²) in [5, 5.41) is 14.7. The molecule has 0 amide bonds. The number of nitrogens with zero attached hydrogens (tertiary/aromatic N) is 2. The van der Waals surface area contributed by atoms with Gasteiger partial charge in [0.15, 0.2) is 16.3 Å². The van der Waals surface area contributed by atoms with Crippen molar-refractivity contribution in [2.24, 2.45) is 0 Å². The fourth-order valence-electron chi connectivity index (χ4n) is 3.05. The van der Waals surface area contributed by atoms with Crippen molar-refractivity contribution in [2.75, 3.05) is 0 Å². The zero-order valence-corrected chi connectivity index (χ0v) is 18.5. The summed E-state index contributed by atoms with van der Waals surface area (Å²) in [6, 6.07) is 19.1. The van der Waals surface area contributed by atoms with Crippen LogP contribution in [0.4, 0.5) is 5.69 Å². The second-order valence-electron chi connectivity index (χ2n) is 6.65. The van der Waals surface area contributed by atoms with E-state index in [0.717, 1.165) is 16.6 Å². The van der Waals surface area contributed by atoms with Gasteiger partial charge in [-0.15, -0.1) is 0 Å². The summed E-state index contributed by atoms with van der Waals surface area (Å²) in [7, 11) is -4.19. The molecule has 3 aromatic carbocycles. The Kier molecular flexibility index (Phi) is 5.72. The Hall–Kier alpha value is -3.63. The van der Waals surface area contributed by atoms with Gasteiger partial charge in [0.05, 0.1) is 9.82 Å². The normalized spacial score (nSPS) is 11.3. The van der Waals surface area contributed by atoms with E-state index in [4.69, 9.17) is 4.52 Å². The Morgan fingerprint density at radius 3 is 2.16 bits per heavy atom. The maximum absolute atomic E-state index is 13.5. The largest absolute Gasteiger partial charge is 0.354 e. The van der Waals surface area contributed by atoms with Gasteiger partial charge in [0.2, 0.25) is 15.6 Å². The first-order valence-corrected chi connectivity index (χ1v) is 11.4. The second kappa shape index (κ2) is 8.48. The first-order valence-electron chi connectivity index (χ1n) is 9.14. The topological polar surface area (TPSA) is 120 Å². The molecule has 10 heteroatoms. The highest BCUT2D eigenvalue weighted by molar-refractivity contribution is 9.10. The Bertz CT molecular complexity index is 1410. The van der Waals surface area contributed by atoms with Crippen molar-refractivity contribution in [3.8, 4) is 11.3 Å². The number of non-ortho nitro benzene ring substituents is 1. The average Bonchev–Trinajstić information content (AvgIpc) is 3.26. The van der Waals surface area contributed by atoms with Gasteiger partial charge in [-0.3, -0.25) is 14.9 Å². The van der Waals surface area contributed by atoms with Crippen molar-refractivity contribution in [2.45, 2.75) is 9.79 Å². The number of rotatable bonds is 6. The van der Waals surface area contributed by atoms with Crippen LogP contribution in [0.5, 0.6) is 0 Å². The molecule has 0 saturated heterocycles. The molecule has 32 heavy (non-hydrogen) atoms. The van der Waals surface area contributed by atoms with Crippen molar-refractivity contribution in [3.63, 3.8) is 0 Å². The van der Waals surface area contributed by atoms with Gasteiger partial charge in [-0.05, 0) is 48.5 Å². The molecule has 0 aliphatic heterocycles. The fourth-order valence-corrected chi connectivity index (χ4v) is 4.85. The molecule has 1 aromatic heterocycles. The summed E-state index contributed by atoms with van der Waals surface area (Å²) < 4.78 is 33.1. The molecule has 0 radical (unpaired) electrons. The minimum Gasteiger partial charge on any atom is -0.354 e. The number of hydrogen-bond acceptors (Lipinski definition) is 7. The van der Waals surface area contributed by atoms with Gasteiger partial charge >= 0.3 is 0 Å². The highest BCUT2D eigenvalue weighted by Gasteiger charge is 2.34. The van der Waals surface area contributed by atoms with Crippen LogP contribution in [-0.4, -0.2) is 24.3 Å². The van der Waals surface area contributed by atoms with E-state index in [1.54, 1.807) is 42.5 Å². The lowest BCUT2D eigenvalue weighted by Crippen LogP contribution is -2.11. The highest BCUT2D eigenvalue weighted by Crippen LogP contribution is 2.35. The highest BCUT2D eigenvalue weighted by atomic mass is 79.9. The van der Waals surface area contributed by atoms with Crippen LogP contribution in [0.1, 0.15) is 16.1 Å². The predicted octanol–water partition coefficient (Wildman–Crippen LogP) is 5.08. The van der Waals surface area contributed by atoms with Gasteiger partial charge in [-0.1, -0.05) is 39.3 Å². The van der Waals surface area contributed by atoms with Gasteiger partial charge in [0, 0.05) is 27.7 Å². The summed E-state index contributed by atoms with van der Waals surface area (Å²) >= 11 is 3.32. The molecule has 4 rings (SSSR count). The molecular formula is C22H13BrN2O6S. The molecule has 4 aromatic rings. The second-order valence-corrected chi connectivity index (χ2v) is 9.45.